The predicted molar refractivity (Wildman–Crippen MR) is 97.1 cm³/mol. The molecule has 3 rings (SSSR count). The zero-order valence-electron chi connectivity index (χ0n) is 11.1. The Hall–Kier alpha value is -0.0800. The molecule has 1 aromatic carbocycles. The molecule has 0 radical (unpaired) electrons. The van der Waals surface area contributed by atoms with E-state index in [2.05, 4.69) is 58.3 Å². The van der Waals surface area contributed by atoms with Gasteiger partial charge in [0.15, 0.2) is 0 Å². The second-order valence-electron chi connectivity index (χ2n) is 4.95. The normalized spacial score (nSPS) is 15.9. The highest BCUT2D eigenvalue weighted by atomic mass is 127. The third-order valence-electron chi connectivity index (χ3n) is 3.54. The molecule has 0 saturated heterocycles. The summed E-state index contributed by atoms with van der Waals surface area (Å²) in [5.41, 5.74) is 5.84. The molecule has 20 heavy (non-hydrogen) atoms. The van der Waals surface area contributed by atoms with Gasteiger partial charge in [-0.15, -0.1) is 11.3 Å². The standard InChI is InChI=1S/C15H17IN2S2/c16-12-3-1-10(2-4-12)7-13(18-17)15-8-11-9-19-6-5-14(11)20-15/h1-4,8,13,18H,5-7,9,17H2. The van der Waals surface area contributed by atoms with Gasteiger partial charge in [0.05, 0.1) is 6.04 Å². The molecule has 1 aliphatic rings. The van der Waals surface area contributed by atoms with Gasteiger partial charge in [0, 0.05) is 19.1 Å². The summed E-state index contributed by atoms with van der Waals surface area (Å²) in [5.74, 6) is 8.20. The number of halogens is 1. The van der Waals surface area contributed by atoms with Gasteiger partial charge in [-0.2, -0.15) is 11.8 Å². The Labute approximate surface area is 141 Å². The number of aryl methyl sites for hydroxylation is 1. The van der Waals surface area contributed by atoms with Crippen LogP contribution in [0.5, 0.6) is 0 Å². The lowest BCUT2D eigenvalue weighted by Crippen LogP contribution is -2.28. The summed E-state index contributed by atoms with van der Waals surface area (Å²) in [6.45, 7) is 0. The van der Waals surface area contributed by atoms with Crippen molar-refractivity contribution < 1.29 is 0 Å². The van der Waals surface area contributed by atoms with E-state index in [9.17, 15) is 0 Å². The van der Waals surface area contributed by atoms with Crippen LogP contribution in [0, 0.1) is 3.57 Å². The summed E-state index contributed by atoms with van der Waals surface area (Å²) in [4.78, 5) is 2.93. The zero-order chi connectivity index (χ0) is 13.9. The fourth-order valence-electron chi connectivity index (χ4n) is 2.44. The van der Waals surface area contributed by atoms with E-state index in [0.717, 1.165) is 12.2 Å². The number of nitrogens with one attached hydrogen (secondary N) is 1. The van der Waals surface area contributed by atoms with Crippen molar-refractivity contribution in [3.8, 4) is 0 Å². The lowest BCUT2D eigenvalue weighted by Gasteiger charge is -2.14. The van der Waals surface area contributed by atoms with E-state index in [-0.39, 0.29) is 6.04 Å². The highest BCUT2D eigenvalue weighted by Gasteiger charge is 2.19. The molecule has 5 heteroatoms. The van der Waals surface area contributed by atoms with Crippen LogP contribution in [-0.2, 0) is 18.6 Å². The van der Waals surface area contributed by atoms with Gasteiger partial charge in [0.2, 0.25) is 0 Å². The van der Waals surface area contributed by atoms with Gasteiger partial charge in [0.25, 0.3) is 0 Å². The lowest BCUT2D eigenvalue weighted by atomic mass is 10.0. The van der Waals surface area contributed by atoms with Gasteiger partial charge < -0.3 is 0 Å². The quantitative estimate of drug-likeness (QED) is 0.451. The molecule has 1 unspecified atom stereocenters. The molecule has 2 aromatic rings. The maximum absolute atomic E-state index is 5.79. The first kappa shape index (κ1) is 14.8. The molecule has 2 nitrogen and oxygen atoms in total. The van der Waals surface area contributed by atoms with Crippen LogP contribution in [0.25, 0.3) is 0 Å². The second-order valence-corrected chi connectivity index (χ2v) is 8.47. The van der Waals surface area contributed by atoms with Crippen molar-refractivity contribution in [3.63, 3.8) is 0 Å². The minimum absolute atomic E-state index is 0.218. The minimum atomic E-state index is 0.218. The van der Waals surface area contributed by atoms with E-state index in [1.54, 1.807) is 4.88 Å². The number of thioether (sulfide) groups is 1. The third kappa shape index (κ3) is 3.39. The Balaban J connectivity index is 1.79. The number of thiophene rings is 1. The van der Waals surface area contributed by atoms with E-state index in [4.69, 9.17) is 5.84 Å². The smallest absolute Gasteiger partial charge is 0.0593 e. The van der Waals surface area contributed by atoms with Gasteiger partial charge >= 0.3 is 0 Å². The number of hydrogen-bond donors (Lipinski definition) is 2. The van der Waals surface area contributed by atoms with E-state index < -0.39 is 0 Å². The molecule has 2 heterocycles. The summed E-state index contributed by atoms with van der Waals surface area (Å²) < 4.78 is 1.27. The van der Waals surface area contributed by atoms with Crippen LogP contribution >= 0.6 is 45.7 Å². The van der Waals surface area contributed by atoms with Crippen molar-refractivity contribution in [2.24, 2.45) is 5.84 Å². The molecule has 3 N–H and O–H groups in total. The first-order valence-electron chi connectivity index (χ1n) is 6.66. The molecule has 0 spiro atoms. The number of nitrogens with two attached hydrogens (primary N) is 1. The van der Waals surface area contributed by atoms with Crippen LogP contribution in [-0.4, -0.2) is 5.75 Å². The molecular formula is C15H17IN2S2. The Morgan fingerprint density at radius 2 is 2.10 bits per heavy atom. The fourth-order valence-corrected chi connectivity index (χ4v) is 5.24. The Morgan fingerprint density at radius 1 is 1.30 bits per heavy atom. The van der Waals surface area contributed by atoms with Crippen LogP contribution in [0.3, 0.4) is 0 Å². The van der Waals surface area contributed by atoms with E-state index >= 15 is 0 Å². The molecule has 1 aromatic heterocycles. The van der Waals surface area contributed by atoms with E-state index in [0.29, 0.717) is 0 Å². The predicted octanol–water partition coefficient (Wildman–Crippen LogP) is 3.89. The molecule has 0 amide bonds. The summed E-state index contributed by atoms with van der Waals surface area (Å²) in [6, 6.07) is 11.3. The van der Waals surface area contributed by atoms with E-state index in [1.807, 2.05) is 23.1 Å². The SMILES string of the molecule is NNC(Cc1ccc(I)cc1)c1cc2c(s1)CCSC2. The van der Waals surface area contributed by atoms with Crippen molar-refractivity contribution in [2.75, 3.05) is 5.75 Å². The van der Waals surface area contributed by atoms with Crippen LogP contribution in [0.15, 0.2) is 30.3 Å². The highest BCUT2D eigenvalue weighted by Crippen LogP contribution is 2.35. The van der Waals surface area contributed by atoms with Gasteiger partial charge in [-0.25, -0.2) is 0 Å². The Bertz CT molecular complexity index is 557. The Morgan fingerprint density at radius 3 is 2.80 bits per heavy atom. The number of fused-ring (bicyclic) bond motifs is 1. The van der Waals surface area contributed by atoms with Crippen LogP contribution in [0.2, 0.25) is 0 Å². The van der Waals surface area contributed by atoms with Gasteiger partial charge in [-0.3, -0.25) is 11.3 Å². The zero-order valence-corrected chi connectivity index (χ0v) is 14.9. The maximum Gasteiger partial charge on any atom is 0.0593 e. The van der Waals surface area contributed by atoms with Crippen LogP contribution < -0.4 is 11.3 Å². The fraction of sp³-hybridized carbons (Fsp3) is 0.333. The Kier molecular flexibility index (Phi) is 5.04. The van der Waals surface area contributed by atoms with Crippen LogP contribution in [0.1, 0.15) is 26.9 Å². The second kappa shape index (κ2) is 6.79. The number of rotatable bonds is 4. The van der Waals surface area contributed by atoms with Gasteiger partial charge in [0.1, 0.15) is 0 Å². The van der Waals surface area contributed by atoms with Crippen LogP contribution in [0.4, 0.5) is 0 Å². The number of hydrazine groups is 1. The van der Waals surface area contributed by atoms with Crippen molar-refractivity contribution in [2.45, 2.75) is 24.6 Å². The first-order valence-corrected chi connectivity index (χ1v) is 9.71. The molecule has 0 aliphatic carbocycles. The number of benzene rings is 1. The molecule has 106 valence electrons. The van der Waals surface area contributed by atoms with Crippen molar-refractivity contribution >= 4 is 45.7 Å². The minimum Gasteiger partial charge on any atom is -0.271 e. The molecule has 1 aliphatic heterocycles. The average molecular weight is 416 g/mol. The largest absolute Gasteiger partial charge is 0.271 e. The van der Waals surface area contributed by atoms with Crippen molar-refractivity contribution in [1.82, 2.24) is 5.43 Å². The average Bonchev–Trinajstić information content (AvgIpc) is 2.90. The van der Waals surface area contributed by atoms with E-state index in [1.165, 1.54) is 31.7 Å². The van der Waals surface area contributed by atoms with Crippen molar-refractivity contribution in [3.05, 3.63) is 54.8 Å². The van der Waals surface area contributed by atoms with Gasteiger partial charge in [-0.1, -0.05) is 12.1 Å². The van der Waals surface area contributed by atoms with Crippen molar-refractivity contribution in [1.29, 1.82) is 0 Å². The molecule has 0 fully saturated rings. The lowest BCUT2D eigenvalue weighted by molar-refractivity contribution is 0.560. The summed E-state index contributed by atoms with van der Waals surface area (Å²) in [7, 11) is 0. The highest BCUT2D eigenvalue weighted by molar-refractivity contribution is 14.1. The molecule has 0 saturated carbocycles. The maximum atomic E-state index is 5.79. The summed E-state index contributed by atoms with van der Waals surface area (Å²) in [5, 5.41) is 0. The monoisotopic (exact) mass is 416 g/mol. The summed E-state index contributed by atoms with van der Waals surface area (Å²) >= 11 is 6.30. The third-order valence-corrected chi connectivity index (χ3v) is 6.62. The molecule has 1 atom stereocenters. The summed E-state index contributed by atoms with van der Waals surface area (Å²) in [6.07, 6.45) is 2.16. The first-order chi connectivity index (χ1) is 9.76. The number of hydrogen-bond acceptors (Lipinski definition) is 4. The van der Waals surface area contributed by atoms with Gasteiger partial charge in [-0.05, 0) is 70.5 Å². The molecule has 0 bridgehead atoms. The molecular weight excluding hydrogens is 399 g/mol. The topological polar surface area (TPSA) is 38.0 Å².